The van der Waals surface area contributed by atoms with E-state index in [1.54, 1.807) is 30.3 Å². The Morgan fingerprint density at radius 1 is 0.960 bits per heavy atom. The first-order valence-corrected chi connectivity index (χ1v) is 7.85. The highest BCUT2D eigenvalue weighted by Crippen LogP contribution is 2.24. The molecule has 0 atom stereocenters. The minimum Gasteiger partial charge on any atom is -0.459 e. The van der Waals surface area contributed by atoms with Crippen molar-refractivity contribution in [3.63, 3.8) is 0 Å². The highest BCUT2D eigenvalue weighted by atomic mass is 16.3. The molecule has 2 heterocycles. The molecule has 5 heteroatoms. The Labute approximate surface area is 142 Å². The molecule has 124 valence electrons. The van der Waals surface area contributed by atoms with Crippen molar-refractivity contribution in [1.82, 2.24) is 0 Å². The maximum Gasteiger partial charge on any atom is 0.291 e. The molecule has 0 aliphatic carbocycles. The summed E-state index contributed by atoms with van der Waals surface area (Å²) in [6.07, 6.45) is 1.44. The second-order valence-electron chi connectivity index (χ2n) is 6.01. The summed E-state index contributed by atoms with van der Waals surface area (Å²) in [5.41, 5.74) is 3.51. The van der Waals surface area contributed by atoms with Crippen molar-refractivity contribution in [3.8, 4) is 0 Å². The number of carbonyl (C=O) groups excluding carboxylic acids is 1. The predicted molar refractivity (Wildman–Crippen MR) is 96.1 cm³/mol. The average molecular weight is 333 g/mol. The van der Waals surface area contributed by atoms with Gasteiger partial charge >= 0.3 is 0 Å². The molecule has 2 aromatic heterocycles. The summed E-state index contributed by atoms with van der Waals surface area (Å²) in [6, 6.07) is 11.9. The summed E-state index contributed by atoms with van der Waals surface area (Å²) >= 11 is 0. The number of fused-ring (bicyclic) bond motifs is 2. The molecule has 0 saturated heterocycles. The van der Waals surface area contributed by atoms with Gasteiger partial charge < -0.3 is 14.2 Å². The number of furan rings is 1. The van der Waals surface area contributed by atoms with E-state index < -0.39 is 0 Å². The van der Waals surface area contributed by atoms with E-state index in [1.807, 2.05) is 26.0 Å². The van der Waals surface area contributed by atoms with Gasteiger partial charge in [-0.05, 0) is 61.4 Å². The lowest BCUT2D eigenvalue weighted by atomic mass is 10.1. The van der Waals surface area contributed by atoms with Crippen molar-refractivity contribution in [2.24, 2.45) is 0 Å². The van der Waals surface area contributed by atoms with Gasteiger partial charge in [-0.3, -0.25) is 9.59 Å². The highest BCUT2D eigenvalue weighted by Gasteiger charge is 2.12. The number of nitrogens with one attached hydrogen (secondary N) is 1. The molecule has 0 aliphatic heterocycles. The molecule has 0 saturated carbocycles. The van der Waals surface area contributed by atoms with E-state index in [0.29, 0.717) is 27.6 Å². The van der Waals surface area contributed by atoms with Crippen LogP contribution >= 0.6 is 0 Å². The lowest BCUT2D eigenvalue weighted by Gasteiger charge is -2.07. The predicted octanol–water partition coefficient (Wildman–Crippen LogP) is 4.41. The first-order chi connectivity index (χ1) is 12.0. The zero-order chi connectivity index (χ0) is 17.6. The standard InChI is InChI=1S/C20H15NO4/c1-11-8-15-17(9-12(11)2)25-18-10-13(5-6-14(18)19(15)22)21-20(23)16-4-3-7-24-16/h3-10H,1-2H3,(H,21,23). The summed E-state index contributed by atoms with van der Waals surface area (Å²) < 4.78 is 11.0. The van der Waals surface area contributed by atoms with Gasteiger partial charge in [-0.1, -0.05) is 0 Å². The second kappa shape index (κ2) is 5.63. The van der Waals surface area contributed by atoms with E-state index in [9.17, 15) is 9.59 Å². The van der Waals surface area contributed by atoms with Crippen LogP contribution in [0.5, 0.6) is 0 Å². The molecule has 0 radical (unpaired) electrons. The molecular weight excluding hydrogens is 318 g/mol. The fraction of sp³-hybridized carbons (Fsp3) is 0.100. The molecule has 2 aromatic carbocycles. The van der Waals surface area contributed by atoms with Gasteiger partial charge in [0.1, 0.15) is 11.2 Å². The zero-order valence-corrected chi connectivity index (χ0v) is 13.8. The van der Waals surface area contributed by atoms with E-state index in [-0.39, 0.29) is 17.1 Å². The van der Waals surface area contributed by atoms with Gasteiger partial charge in [-0.25, -0.2) is 0 Å². The number of aryl methyl sites for hydroxylation is 2. The van der Waals surface area contributed by atoms with E-state index in [4.69, 9.17) is 8.83 Å². The molecule has 4 aromatic rings. The van der Waals surface area contributed by atoms with Gasteiger partial charge in [0.25, 0.3) is 5.91 Å². The van der Waals surface area contributed by atoms with Crippen LogP contribution in [0.2, 0.25) is 0 Å². The van der Waals surface area contributed by atoms with Crippen LogP contribution in [0.4, 0.5) is 5.69 Å². The minimum absolute atomic E-state index is 0.0803. The molecule has 4 rings (SSSR count). The number of anilines is 1. The molecule has 5 nitrogen and oxygen atoms in total. The largest absolute Gasteiger partial charge is 0.459 e. The summed E-state index contributed by atoms with van der Waals surface area (Å²) in [5, 5.41) is 3.77. The van der Waals surface area contributed by atoms with Crippen molar-refractivity contribution in [1.29, 1.82) is 0 Å². The minimum atomic E-state index is -0.362. The lowest BCUT2D eigenvalue weighted by molar-refractivity contribution is 0.0996. The number of hydrogen-bond acceptors (Lipinski definition) is 4. The molecule has 1 amide bonds. The number of carbonyl (C=O) groups is 1. The van der Waals surface area contributed by atoms with Crippen LogP contribution in [0, 0.1) is 13.8 Å². The third kappa shape index (κ3) is 2.59. The smallest absolute Gasteiger partial charge is 0.291 e. The Balaban J connectivity index is 1.82. The normalized spacial score (nSPS) is 11.1. The molecule has 0 fully saturated rings. The van der Waals surface area contributed by atoms with Crippen LogP contribution in [0.15, 0.2) is 62.4 Å². The van der Waals surface area contributed by atoms with Crippen LogP contribution in [0.25, 0.3) is 21.9 Å². The second-order valence-corrected chi connectivity index (χ2v) is 6.01. The van der Waals surface area contributed by atoms with E-state index in [1.165, 1.54) is 6.26 Å². The van der Waals surface area contributed by atoms with Gasteiger partial charge in [0.05, 0.1) is 17.0 Å². The third-order valence-corrected chi connectivity index (χ3v) is 4.29. The van der Waals surface area contributed by atoms with Crippen LogP contribution in [-0.4, -0.2) is 5.91 Å². The average Bonchev–Trinajstić information content (AvgIpc) is 3.12. The van der Waals surface area contributed by atoms with E-state index in [2.05, 4.69) is 5.32 Å². The highest BCUT2D eigenvalue weighted by molar-refractivity contribution is 6.03. The van der Waals surface area contributed by atoms with Crippen molar-refractivity contribution in [2.75, 3.05) is 5.32 Å². The van der Waals surface area contributed by atoms with Crippen molar-refractivity contribution in [3.05, 3.63) is 75.8 Å². The Hall–Kier alpha value is -3.34. The van der Waals surface area contributed by atoms with Crippen molar-refractivity contribution >= 4 is 33.5 Å². The molecule has 1 N–H and O–H groups in total. The van der Waals surface area contributed by atoms with Gasteiger partial charge in [-0.2, -0.15) is 0 Å². The topological polar surface area (TPSA) is 72.5 Å². The maximum atomic E-state index is 12.7. The van der Waals surface area contributed by atoms with Gasteiger partial charge in [0.15, 0.2) is 5.76 Å². The fourth-order valence-corrected chi connectivity index (χ4v) is 2.79. The first kappa shape index (κ1) is 15.2. The van der Waals surface area contributed by atoms with E-state index in [0.717, 1.165) is 11.1 Å². The number of amides is 1. The molecular formula is C20H15NO4. The quantitative estimate of drug-likeness (QED) is 0.552. The zero-order valence-electron chi connectivity index (χ0n) is 13.8. The first-order valence-electron chi connectivity index (χ1n) is 7.85. The number of hydrogen-bond donors (Lipinski definition) is 1. The molecule has 0 bridgehead atoms. The van der Waals surface area contributed by atoms with Crippen LogP contribution in [-0.2, 0) is 0 Å². The Kier molecular flexibility index (Phi) is 3.42. The monoisotopic (exact) mass is 333 g/mol. The van der Waals surface area contributed by atoms with Gasteiger partial charge in [0.2, 0.25) is 5.43 Å². The lowest BCUT2D eigenvalue weighted by Crippen LogP contribution is -2.11. The summed E-state index contributed by atoms with van der Waals surface area (Å²) in [5.74, 6) is -0.148. The maximum absolute atomic E-state index is 12.7. The van der Waals surface area contributed by atoms with E-state index >= 15 is 0 Å². The van der Waals surface area contributed by atoms with Crippen molar-refractivity contribution in [2.45, 2.75) is 13.8 Å². The molecule has 25 heavy (non-hydrogen) atoms. The number of rotatable bonds is 2. The van der Waals surface area contributed by atoms with Gasteiger partial charge in [0, 0.05) is 11.8 Å². The van der Waals surface area contributed by atoms with Crippen molar-refractivity contribution < 1.29 is 13.6 Å². The van der Waals surface area contributed by atoms with Crippen LogP contribution in [0.3, 0.4) is 0 Å². The summed E-state index contributed by atoms with van der Waals surface area (Å²) in [6.45, 7) is 3.94. The Morgan fingerprint density at radius 2 is 1.72 bits per heavy atom. The fourth-order valence-electron chi connectivity index (χ4n) is 2.79. The Bertz CT molecular complexity index is 1170. The van der Waals surface area contributed by atoms with Gasteiger partial charge in [-0.15, -0.1) is 0 Å². The van der Waals surface area contributed by atoms with Crippen LogP contribution in [0.1, 0.15) is 21.7 Å². The molecule has 0 spiro atoms. The number of benzene rings is 2. The SMILES string of the molecule is Cc1cc2oc3cc(NC(=O)c4ccco4)ccc3c(=O)c2cc1C. The molecule has 0 aliphatic rings. The summed E-state index contributed by atoms with van der Waals surface area (Å²) in [4.78, 5) is 24.8. The van der Waals surface area contributed by atoms with Crippen LogP contribution < -0.4 is 10.7 Å². The summed E-state index contributed by atoms with van der Waals surface area (Å²) in [7, 11) is 0. The Morgan fingerprint density at radius 3 is 2.48 bits per heavy atom. The third-order valence-electron chi connectivity index (χ3n) is 4.29. The molecule has 0 unspecified atom stereocenters.